The summed E-state index contributed by atoms with van der Waals surface area (Å²) in [6.07, 6.45) is 0. The fraction of sp³-hybridized carbons (Fsp3) is 0.0667. The van der Waals surface area contributed by atoms with Crippen molar-refractivity contribution in [1.82, 2.24) is 0 Å². The third-order valence-corrected chi connectivity index (χ3v) is 4.15. The van der Waals surface area contributed by atoms with Crippen molar-refractivity contribution < 1.29 is 9.18 Å². The molecule has 0 heterocycles. The zero-order chi connectivity index (χ0) is 17.0. The number of halogens is 3. The van der Waals surface area contributed by atoms with Crippen LogP contribution < -0.4 is 16.8 Å². The third-order valence-electron chi connectivity index (χ3n) is 2.90. The molecule has 0 bridgehead atoms. The van der Waals surface area contributed by atoms with Crippen molar-refractivity contribution in [3.05, 3.63) is 62.3 Å². The molecule has 0 saturated carbocycles. The first-order valence-electron chi connectivity index (χ1n) is 6.48. The zero-order valence-electron chi connectivity index (χ0n) is 11.8. The Balaban J connectivity index is 2.18. The van der Waals surface area contributed by atoms with E-state index in [1.807, 2.05) is 0 Å². The normalized spacial score (nSPS) is 10.2. The number of hydrogen-bond donors (Lipinski definition) is 3. The number of nitrogens with one attached hydrogen (secondary N) is 1. The Morgan fingerprint density at radius 1 is 1.13 bits per heavy atom. The van der Waals surface area contributed by atoms with Gasteiger partial charge in [0.1, 0.15) is 5.82 Å². The molecule has 2 aromatic carbocycles. The van der Waals surface area contributed by atoms with Gasteiger partial charge in [0.25, 0.3) is 5.91 Å². The number of nitrogens with zero attached hydrogens (tertiary/aromatic N) is 1. The number of aliphatic imine (C=N–C) groups is 1. The molecule has 120 valence electrons. The monoisotopic (exact) mass is 442 g/mol. The lowest BCUT2D eigenvalue weighted by Crippen LogP contribution is -2.24. The van der Waals surface area contributed by atoms with E-state index in [2.05, 4.69) is 42.2 Å². The highest BCUT2D eigenvalue weighted by Gasteiger charge is 2.12. The van der Waals surface area contributed by atoms with E-state index in [4.69, 9.17) is 11.5 Å². The fourth-order valence-corrected chi connectivity index (χ4v) is 3.31. The van der Waals surface area contributed by atoms with Crippen molar-refractivity contribution >= 4 is 49.4 Å². The highest BCUT2D eigenvalue weighted by atomic mass is 79.9. The van der Waals surface area contributed by atoms with E-state index < -0.39 is 5.91 Å². The summed E-state index contributed by atoms with van der Waals surface area (Å²) >= 11 is 6.80. The minimum Gasteiger partial charge on any atom is -0.379 e. The van der Waals surface area contributed by atoms with Crippen LogP contribution >= 0.6 is 31.9 Å². The van der Waals surface area contributed by atoms with E-state index in [0.29, 0.717) is 21.1 Å². The Hall–Kier alpha value is -1.93. The molecule has 5 nitrogen and oxygen atoms in total. The van der Waals surface area contributed by atoms with Crippen molar-refractivity contribution in [2.75, 3.05) is 5.32 Å². The maximum absolute atomic E-state index is 12.9. The lowest BCUT2D eigenvalue weighted by molar-refractivity contribution is 0.100. The van der Waals surface area contributed by atoms with Gasteiger partial charge in [-0.15, -0.1) is 0 Å². The van der Waals surface area contributed by atoms with Crippen molar-refractivity contribution in [3.63, 3.8) is 0 Å². The van der Waals surface area contributed by atoms with Crippen LogP contribution in [0.2, 0.25) is 0 Å². The number of carbonyl (C=O) groups excluding carboxylic acids is 1. The summed E-state index contributed by atoms with van der Waals surface area (Å²) < 4.78 is 14.2. The third kappa shape index (κ3) is 4.77. The summed E-state index contributed by atoms with van der Waals surface area (Å²) in [6.45, 7) is 0.499. The topological polar surface area (TPSA) is 93.5 Å². The molecule has 1 amide bonds. The summed E-state index contributed by atoms with van der Waals surface area (Å²) in [6, 6.07) is 9.43. The van der Waals surface area contributed by atoms with Gasteiger partial charge in [0.15, 0.2) is 5.96 Å². The lowest BCUT2D eigenvalue weighted by Gasteiger charge is -2.12. The first kappa shape index (κ1) is 17.4. The largest absolute Gasteiger partial charge is 0.379 e. The molecule has 0 aliphatic carbocycles. The molecule has 0 spiro atoms. The van der Waals surface area contributed by atoms with E-state index in [0.717, 1.165) is 11.3 Å². The maximum Gasteiger partial charge on any atom is 0.280 e. The second-order valence-corrected chi connectivity index (χ2v) is 6.35. The van der Waals surface area contributed by atoms with Gasteiger partial charge in [0.05, 0.1) is 5.69 Å². The van der Waals surface area contributed by atoms with Crippen LogP contribution in [0.3, 0.4) is 0 Å². The van der Waals surface area contributed by atoms with Crippen molar-refractivity contribution in [2.24, 2.45) is 16.5 Å². The minimum absolute atomic E-state index is 0.279. The molecule has 0 radical (unpaired) electrons. The average Bonchev–Trinajstić information content (AvgIpc) is 2.47. The summed E-state index contributed by atoms with van der Waals surface area (Å²) in [4.78, 5) is 15.3. The number of guanidine groups is 1. The molecule has 2 aromatic rings. The van der Waals surface area contributed by atoms with Crippen LogP contribution in [0.5, 0.6) is 0 Å². The van der Waals surface area contributed by atoms with Gasteiger partial charge >= 0.3 is 0 Å². The number of hydrogen-bond acceptors (Lipinski definition) is 2. The molecule has 0 atom stereocenters. The summed E-state index contributed by atoms with van der Waals surface area (Å²) in [5.41, 5.74) is 12.4. The number of anilines is 1. The predicted octanol–water partition coefficient (Wildman–Crippen LogP) is 3.38. The maximum atomic E-state index is 12.9. The minimum atomic E-state index is -0.531. The number of carbonyl (C=O) groups is 1. The van der Waals surface area contributed by atoms with Crippen LogP contribution in [0.1, 0.15) is 15.9 Å². The number of benzene rings is 2. The second-order valence-electron chi connectivity index (χ2n) is 4.64. The van der Waals surface area contributed by atoms with Gasteiger partial charge in [0, 0.05) is 21.1 Å². The van der Waals surface area contributed by atoms with Crippen molar-refractivity contribution in [3.8, 4) is 0 Å². The molecule has 0 aliphatic heterocycles. The van der Waals surface area contributed by atoms with Crippen LogP contribution in [-0.4, -0.2) is 11.9 Å². The number of nitrogens with two attached hydrogens (primary N) is 2. The van der Waals surface area contributed by atoms with Crippen molar-refractivity contribution in [2.45, 2.75) is 6.54 Å². The van der Waals surface area contributed by atoms with Crippen LogP contribution in [0.4, 0.5) is 10.1 Å². The molecule has 0 aromatic heterocycles. The smallest absolute Gasteiger partial charge is 0.280 e. The highest BCUT2D eigenvalue weighted by Crippen LogP contribution is 2.33. The van der Waals surface area contributed by atoms with E-state index in [9.17, 15) is 9.18 Å². The Morgan fingerprint density at radius 2 is 1.70 bits per heavy atom. The Morgan fingerprint density at radius 3 is 2.22 bits per heavy atom. The zero-order valence-corrected chi connectivity index (χ0v) is 15.0. The average molecular weight is 444 g/mol. The summed E-state index contributed by atoms with van der Waals surface area (Å²) in [5.74, 6) is -1.10. The van der Waals surface area contributed by atoms with E-state index >= 15 is 0 Å². The molecule has 0 unspecified atom stereocenters. The quantitative estimate of drug-likeness (QED) is 0.498. The van der Waals surface area contributed by atoms with E-state index in [-0.39, 0.29) is 11.8 Å². The molecule has 5 N–H and O–H groups in total. The lowest BCUT2D eigenvalue weighted by atomic mass is 10.2. The molecular formula is C15H13Br2FN4O. The molecule has 0 fully saturated rings. The summed E-state index contributed by atoms with van der Waals surface area (Å²) in [7, 11) is 0. The molecule has 0 aliphatic rings. The Labute approximate surface area is 149 Å². The van der Waals surface area contributed by atoms with E-state index in [1.54, 1.807) is 24.3 Å². The van der Waals surface area contributed by atoms with Crippen LogP contribution in [0.15, 0.2) is 50.3 Å². The van der Waals surface area contributed by atoms with Crippen molar-refractivity contribution in [1.29, 1.82) is 0 Å². The fourth-order valence-electron chi connectivity index (χ4n) is 1.84. The molecule has 2 rings (SSSR count). The number of rotatable bonds is 4. The van der Waals surface area contributed by atoms with Gasteiger partial charge in [-0.05, 0) is 61.7 Å². The predicted molar refractivity (Wildman–Crippen MR) is 95.7 cm³/mol. The van der Waals surface area contributed by atoms with Crippen LogP contribution in [0, 0.1) is 5.82 Å². The van der Waals surface area contributed by atoms with E-state index in [1.165, 1.54) is 12.1 Å². The van der Waals surface area contributed by atoms with Crippen LogP contribution in [-0.2, 0) is 6.54 Å². The second kappa shape index (κ2) is 7.56. The van der Waals surface area contributed by atoms with Gasteiger partial charge in [-0.3, -0.25) is 4.79 Å². The first-order valence-corrected chi connectivity index (χ1v) is 8.06. The molecular weight excluding hydrogens is 431 g/mol. The van der Waals surface area contributed by atoms with Crippen LogP contribution in [0.25, 0.3) is 0 Å². The van der Waals surface area contributed by atoms with Gasteiger partial charge in [-0.25, -0.2) is 4.39 Å². The first-order chi connectivity index (χ1) is 10.9. The summed E-state index contributed by atoms with van der Waals surface area (Å²) in [5, 5.41) is 3.21. The number of amides is 1. The molecule has 8 heteroatoms. The van der Waals surface area contributed by atoms with Gasteiger partial charge in [0.2, 0.25) is 0 Å². The Kier molecular flexibility index (Phi) is 5.73. The standard InChI is InChI=1S/C15H13Br2FN4O/c16-11-5-9(14(23)22-15(19)20)6-12(17)13(11)21-7-8-1-3-10(18)4-2-8/h1-6,21H,7H2,(H4,19,20,22,23). The van der Waals surface area contributed by atoms with Gasteiger partial charge < -0.3 is 16.8 Å². The highest BCUT2D eigenvalue weighted by molar-refractivity contribution is 9.11. The Bertz CT molecular complexity index is 736. The van der Waals surface area contributed by atoms with Gasteiger partial charge in [-0.1, -0.05) is 12.1 Å². The SMILES string of the molecule is NC(N)=NC(=O)c1cc(Br)c(NCc2ccc(F)cc2)c(Br)c1. The van der Waals surface area contributed by atoms with Gasteiger partial charge in [-0.2, -0.15) is 4.99 Å². The molecule has 23 heavy (non-hydrogen) atoms. The molecule has 0 saturated heterocycles.